The molecular weight excluding hydrogens is 252 g/mol. The van der Waals surface area contributed by atoms with Crippen LogP contribution in [0.2, 0.25) is 5.02 Å². The fourth-order valence-corrected chi connectivity index (χ4v) is 2.55. The number of carbonyl (C=O) groups is 2. The van der Waals surface area contributed by atoms with Gasteiger partial charge in [-0.1, -0.05) is 29.8 Å². The predicted molar refractivity (Wildman–Crippen MR) is 69.2 cm³/mol. The van der Waals surface area contributed by atoms with E-state index in [-0.39, 0.29) is 24.4 Å². The smallest absolute Gasteiger partial charge is 0.243 e. The van der Waals surface area contributed by atoms with Crippen LogP contribution in [-0.4, -0.2) is 29.3 Å². The van der Waals surface area contributed by atoms with Crippen LogP contribution in [0.5, 0.6) is 0 Å². The van der Waals surface area contributed by atoms with Gasteiger partial charge < -0.3 is 10.2 Å². The molecule has 1 fully saturated rings. The van der Waals surface area contributed by atoms with Gasteiger partial charge in [0.15, 0.2) is 0 Å². The molecule has 18 heavy (non-hydrogen) atoms. The molecule has 0 spiro atoms. The lowest BCUT2D eigenvalue weighted by atomic mass is 10.0. The quantitative estimate of drug-likeness (QED) is 0.887. The first-order chi connectivity index (χ1) is 8.52. The molecule has 0 saturated carbocycles. The number of rotatable bonds is 2. The molecule has 1 saturated heterocycles. The first-order valence-electron chi connectivity index (χ1n) is 5.85. The Morgan fingerprint density at radius 3 is 2.72 bits per heavy atom. The summed E-state index contributed by atoms with van der Waals surface area (Å²) in [5.74, 6) is -0.219. The highest BCUT2D eigenvalue weighted by Gasteiger charge is 2.35. The van der Waals surface area contributed by atoms with Crippen molar-refractivity contribution in [3.05, 3.63) is 34.9 Å². The molecule has 2 amide bonds. The van der Waals surface area contributed by atoms with Crippen LogP contribution in [0.25, 0.3) is 0 Å². The molecule has 0 radical (unpaired) electrons. The van der Waals surface area contributed by atoms with E-state index in [4.69, 9.17) is 11.6 Å². The van der Waals surface area contributed by atoms with Gasteiger partial charge in [0.25, 0.3) is 0 Å². The topological polar surface area (TPSA) is 49.4 Å². The van der Waals surface area contributed by atoms with Crippen molar-refractivity contribution in [3.63, 3.8) is 0 Å². The van der Waals surface area contributed by atoms with Crippen LogP contribution >= 0.6 is 11.6 Å². The first kappa shape index (κ1) is 12.9. The van der Waals surface area contributed by atoms with Crippen molar-refractivity contribution in [2.75, 3.05) is 6.54 Å². The first-order valence-corrected chi connectivity index (χ1v) is 6.23. The molecule has 5 heteroatoms. The summed E-state index contributed by atoms with van der Waals surface area (Å²) in [7, 11) is 0. The van der Waals surface area contributed by atoms with Gasteiger partial charge in [-0.3, -0.25) is 9.59 Å². The van der Waals surface area contributed by atoms with Gasteiger partial charge >= 0.3 is 0 Å². The van der Waals surface area contributed by atoms with Crippen molar-refractivity contribution in [1.29, 1.82) is 0 Å². The highest BCUT2D eigenvalue weighted by molar-refractivity contribution is 6.31. The van der Waals surface area contributed by atoms with Crippen LogP contribution in [-0.2, 0) is 9.59 Å². The number of hydrogen-bond donors (Lipinski definition) is 1. The zero-order valence-corrected chi connectivity index (χ0v) is 11.1. The van der Waals surface area contributed by atoms with Gasteiger partial charge in [-0.25, -0.2) is 0 Å². The molecule has 1 aromatic rings. The lowest BCUT2D eigenvalue weighted by molar-refractivity contribution is -0.147. The predicted octanol–water partition coefficient (Wildman–Crippen LogP) is 1.75. The van der Waals surface area contributed by atoms with Gasteiger partial charge in [-0.15, -0.1) is 0 Å². The van der Waals surface area contributed by atoms with E-state index in [1.807, 2.05) is 25.1 Å². The maximum absolute atomic E-state index is 11.9. The van der Waals surface area contributed by atoms with Gasteiger partial charge in [0.2, 0.25) is 11.8 Å². The largest absolute Gasteiger partial charge is 0.345 e. The molecular formula is C13H15ClN2O2. The minimum atomic E-state index is -0.475. The lowest BCUT2D eigenvalue weighted by Crippen LogP contribution is -2.57. The summed E-state index contributed by atoms with van der Waals surface area (Å²) in [6, 6.07) is 6.68. The Morgan fingerprint density at radius 2 is 2.06 bits per heavy atom. The zero-order valence-electron chi connectivity index (χ0n) is 10.3. The van der Waals surface area contributed by atoms with Crippen LogP contribution < -0.4 is 5.32 Å². The van der Waals surface area contributed by atoms with Crippen LogP contribution in [0, 0.1) is 0 Å². The second kappa shape index (κ2) is 4.98. The van der Waals surface area contributed by atoms with E-state index in [0.717, 1.165) is 5.56 Å². The standard InChI is InChI=1S/C13H15ClN2O2/c1-8(10-5-3-4-6-11(10)14)16-9(2)13(18)15-7-12(16)17/h3-6,8-9H,7H2,1-2H3,(H,15,18). The van der Waals surface area contributed by atoms with Gasteiger partial charge in [0.1, 0.15) is 6.04 Å². The molecule has 0 aliphatic carbocycles. The minimum absolute atomic E-state index is 0.0535. The summed E-state index contributed by atoms with van der Waals surface area (Å²) in [4.78, 5) is 25.2. The maximum atomic E-state index is 11.9. The molecule has 1 N–H and O–H groups in total. The maximum Gasteiger partial charge on any atom is 0.243 e. The third kappa shape index (κ3) is 2.20. The summed E-state index contributed by atoms with van der Waals surface area (Å²) in [5.41, 5.74) is 0.856. The number of amides is 2. The highest BCUT2D eigenvalue weighted by Crippen LogP contribution is 2.29. The van der Waals surface area contributed by atoms with Crippen molar-refractivity contribution in [1.82, 2.24) is 10.2 Å². The van der Waals surface area contributed by atoms with Gasteiger partial charge in [0, 0.05) is 5.02 Å². The number of hydrogen-bond acceptors (Lipinski definition) is 2. The van der Waals surface area contributed by atoms with Crippen LogP contribution in [0.3, 0.4) is 0 Å². The van der Waals surface area contributed by atoms with Crippen molar-refractivity contribution < 1.29 is 9.59 Å². The number of carbonyl (C=O) groups excluding carboxylic acids is 2. The molecule has 0 bridgehead atoms. The zero-order chi connectivity index (χ0) is 13.3. The number of nitrogens with zero attached hydrogens (tertiary/aromatic N) is 1. The minimum Gasteiger partial charge on any atom is -0.345 e. The molecule has 4 nitrogen and oxygen atoms in total. The highest BCUT2D eigenvalue weighted by atomic mass is 35.5. The SMILES string of the molecule is CC1C(=O)NCC(=O)N1C(C)c1ccccc1Cl. The molecule has 1 heterocycles. The van der Waals surface area contributed by atoms with E-state index >= 15 is 0 Å². The average molecular weight is 267 g/mol. The Morgan fingerprint density at radius 1 is 1.39 bits per heavy atom. The summed E-state index contributed by atoms with van der Waals surface area (Å²) in [6.45, 7) is 3.66. The third-order valence-corrected chi connectivity index (χ3v) is 3.62. The van der Waals surface area contributed by atoms with Crippen LogP contribution in [0.1, 0.15) is 25.5 Å². The number of benzene rings is 1. The number of halogens is 1. The molecule has 2 unspecified atom stereocenters. The number of piperazine rings is 1. The Kier molecular flexibility index (Phi) is 3.57. The summed E-state index contributed by atoms with van der Waals surface area (Å²) in [5, 5.41) is 3.18. The van der Waals surface area contributed by atoms with Crippen molar-refractivity contribution in [3.8, 4) is 0 Å². The summed E-state index contributed by atoms with van der Waals surface area (Å²) >= 11 is 6.13. The Balaban J connectivity index is 2.32. The van der Waals surface area contributed by atoms with E-state index in [9.17, 15) is 9.59 Å². The molecule has 2 rings (SSSR count). The van der Waals surface area contributed by atoms with Crippen LogP contribution in [0.15, 0.2) is 24.3 Å². The van der Waals surface area contributed by atoms with Gasteiger partial charge in [0.05, 0.1) is 12.6 Å². The van der Waals surface area contributed by atoms with E-state index in [1.165, 1.54) is 0 Å². The van der Waals surface area contributed by atoms with E-state index in [2.05, 4.69) is 5.32 Å². The second-order valence-corrected chi connectivity index (χ2v) is 4.80. The monoisotopic (exact) mass is 266 g/mol. The fourth-order valence-electron chi connectivity index (χ4n) is 2.26. The summed E-state index contributed by atoms with van der Waals surface area (Å²) < 4.78 is 0. The Bertz CT molecular complexity index is 490. The normalized spacial score (nSPS) is 21.7. The van der Waals surface area contributed by atoms with Crippen molar-refractivity contribution >= 4 is 23.4 Å². The van der Waals surface area contributed by atoms with Gasteiger partial charge in [-0.2, -0.15) is 0 Å². The van der Waals surface area contributed by atoms with E-state index < -0.39 is 6.04 Å². The molecule has 1 aliphatic heterocycles. The van der Waals surface area contributed by atoms with E-state index in [1.54, 1.807) is 17.9 Å². The van der Waals surface area contributed by atoms with Gasteiger partial charge in [-0.05, 0) is 25.5 Å². The Labute approximate surface area is 111 Å². The molecule has 1 aliphatic rings. The van der Waals surface area contributed by atoms with Crippen molar-refractivity contribution in [2.45, 2.75) is 25.9 Å². The third-order valence-electron chi connectivity index (χ3n) is 3.27. The molecule has 96 valence electrons. The average Bonchev–Trinajstić information content (AvgIpc) is 2.35. The lowest BCUT2D eigenvalue weighted by Gasteiger charge is -2.37. The fraction of sp³-hybridized carbons (Fsp3) is 0.385. The Hall–Kier alpha value is -1.55. The van der Waals surface area contributed by atoms with E-state index in [0.29, 0.717) is 5.02 Å². The van der Waals surface area contributed by atoms with Crippen molar-refractivity contribution in [2.24, 2.45) is 0 Å². The second-order valence-electron chi connectivity index (χ2n) is 4.39. The molecule has 2 atom stereocenters. The molecule has 1 aromatic carbocycles. The summed E-state index contributed by atoms with van der Waals surface area (Å²) in [6.07, 6.45) is 0. The number of nitrogens with one attached hydrogen (secondary N) is 1. The van der Waals surface area contributed by atoms with Crippen LogP contribution in [0.4, 0.5) is 0 Å². The molecule has 0 aromatic heterocycles.